The van der Waals surface area contributed by atoms with Crippen molar-refractivity contribution in [2.24, 2.45) is 5.73 Å². The molecule has 0 aliphatic carbocycles. The van der Waals surface area contributed by atoms with Gasteiger partial charge in [-0.25, -0.2) is 9.97 Å². The fourth-order valence-corrected chi connectivity index (χ4v) is 1.88. The van der Waals surface area contributed by atoms with Gasteiger partial charge in [0.15, 0.2) is 0 Å². The van der Waals surface area contributed by atoms with Gasteiger partial charge < -0.3 is 11.1 Å². The maximum atomic E-state index is 11.7. The van der Waals surface area contributed by atoms with E-state index in [9.17, 15) is 4.79 Å². The van der Waals surface area contributed by atoms with Gasteiger partial charge in [0.25, 0.3) is 0 Å². The second-order valence-corrected chi connectivity index (χ2v) is 4.80. The molecule has 104 valence electrons. The highest BCUT2D eigenvalue weighted by atomic mass is 16.1. The van der Waals surface area contributed by atoms with Crippen molar-refractivity contribution in [3.8, 4) is 11.3 Å². The van der Waals surface area contributed by atoms with Gasteiger partial charge in [-0.1, -0.05) is 12.1 Å². The first-order chi connectivity index (χ1) is 9.54. The highest BCUT2D eigenvalue weighted by Gasteiger charge is 2.07. The zero-order valence-corrected chi connectivity index (χ0v) is 11.6. The maximum absolute atomic E-state index is 11.7. The molecular formula is C15H18N4O. The summed E-state index contributed by atoms with van der Waals surface area (Å²) in [5.74, 6) is 0.630. The number of rotatable bonds is 4. The third kappa shape index (κ3) is 3.86. The first kappa shape index (κ1) is 14.1. The van der Waals surface area contributed by atoms with E-state index in [-0.39, 0.29) is 11.9 Å². The average Bonchev–Trinajstić information content (AvgIpc) is 2.38. The Morgan fingerprint density at radius 1 is 1.40 bits per heavy atom. The van der Waals surface area contributed by atoms with Crippen molar-refractivity contribution in [1.29, 1.82) is 0 Å². The molecule has 1 unspecified atom stereocenters. The Morgan fingerprint density at radius 2 is 2.20 bits per heavy atom. The Labute approximate surface area is 118 Å². The predicted octanol–water partition coefficient (Wildman–Crippen LogP) is 2.13. The zero-order chi connectivity index (χ0) is 14.5. The number of anilines is 1. The number of amides is 1. The molecule has 0 aliphatic heterocycles. The number of aromatic nitrogens is 2. The SMILES string of the molecule is Cc1nccc(-c2cccc(NC(=O)CC(C)N)c2)n1. The molecule has 0 fully saturated rings. The molecule has 1 atom stereocenters. The van der Waals surface area contributed by atoms with Crippen LogP contribution in [0.25, 0.3) is 11.3 Å². The van der Waals surface area contributed by atoms with Gasteiger partial charge in [0.1, 0.15) is 5.82 Å². The molecule has 0 saturated heterocycles. The third-order valence-electron chi connectivity index (χ3n) is 2.73. The maximum Gasteiger partial charge on any atom is 0.225 e. The highest BCUT2D eigenvalue weighted by Crippen LogP contribution is 2.20. The predicted molar refractivity (Wildman–Crippen MR) is 79.1 cm³/mol. The van der Waals surface area contributed by atoms with Crippen LogP contribution >= 0.6 is 0 Å². The molecule has 5 nitrogen and oxygen atoms in total. The van der Waals surface area contributed by atoms with E-state index in [1.54, 1.807) is 13.1 Å². The normalized spacial score (nSPS) is 11.9. The minimum Gasteiger partial charge on any atom is -0.327 e. The summed E-state index contributed by atoms with van der Waals surface area (Å²) in [6, 6.07) is 9.26. The molecule has 1 amide bonds. The van der Waals surface area contributed by atoms with E-state index >= 15 is 0 Å². The number of carbonyl (C=O) groups is 1. The topological polar surface area (TPSA) is 80.9 Å². The molecule has 1 aromatic heterocycles. The molecule has 3 N–H and O–H groups in total. The molecule has 0 saturated carbocycles. The Bertz CT molecular complexity index is 610. The molecule has 1 heterocycles. The monoisotopic (exact) mass is 270 g/mol. The van der Waals surface area contributed by atoms with E-state index in [0.717, 1.165) is 16.9 Å². The summed E-state index contributed by atoms with van der Waals surface area (Å²) in [6.07, 6.45) is 2.02. The molecule has 0 bridgehead atoms. The molecule has 0 spiro atoms. The van der Waals surface area contributed by atoms with Crippen molar-refractivity contribution in [2.75, 3.05) is 5.32 Å². The van der Waals surface area contributed by atoms with E-state index in [4.69, 9.17) is 5.73 Å². The van der Waals surface area contributed by atoms with E-state index in [0.29, 0.717) is 12.2 Å². The molecule has 0 aliphatic rings. The van der Waals surface area contributed by atoms with Crippen molar-refractivity contribution < 1.29 is 4.79 Å². The van der Waals surface area contributed by atoms with Gasteiger partial charge in [-0.2, -0.15) is 0 Å². The molecular weight excluding hydrogens is 252 g/mol. The van der Waals surface area contributed by atoms with Crippen LogP contribution in [0.2, 0.25) is 0 Å². The number of benzene rings is 1. The lowest BCUT2D eigenvalue weighted by Crippen LogP contribution is -2.23. The summed E-state index contributed by atoms with van der Waals surface area (Å²) in [5, 5.41) is 2.84. The summed E-state index contributed by atoms with van der Waals surface area (Å²) < 4.78 is 0. The fourth-order valence-electron chi connectivity index (χ4n) is 1.88. The second-order valence-electron chi connectivity index (χ2n) is 4.80. The van der Waals surface area contributed by atoms with Crippen LogP contribution in [0, 0.1) is 6.92 Å². The highest BCUT2D eigenvalue weighted by molar-refractivity contribution is 5.91. The lowest BCUT2D eigenvalue weighted by Gasteiger charge is -2.09. The van der Waals surface area contributed by atoms with Crippen molar-refractivity contribution >= 4 is 11.6 Å². The number of hydrogen-bond acceptors (Lipinski definition) is 4. The smallest absolute Gasteiger partial charge is 0.225 e. The van der Waals surface area contributed by atoms with Crippen LogP contribution in [0.3, 0.4) is 0 Å². The van der Waals surface area contributed by atoms with Crippen LogP contribution in [-0.2, 0) is 4.79 Å². The summed E-state index contributed by atoms with van der Waals surface area (Å²) in [7, 11) is 0. The van der Waals surface area contributed by atoms with Gasteiger partial charge in [0.2, 0.25) is 5.91 Å². The summed E-state index contributed by atoms with van der Waals surface area (Å²) in [4.78, 5) is 20.2. The molecule has 5 heteroatoms. The number of hydrogen-bond donors (Lipinski definition) is 2. The van der Waals surface area contributed by atoms with Crippen LogP contribution in [0.15, 0.2) is 36.5 Å². The summed E-state index contributed by atoms with van der Waals surface area (Å²) >= 11 is 0. The largest absolute Gasteiger partial charge is 0.327 e. The van der Waals surface area contributed by atoms with E-state index in [2.05, 4.69) is 15.3 Å². The minimum atomic E-state index is -0.150. The van der Waals surface area contributed by atoms with Gasteiger partial charge in [-0.05, 0) is 32.0 Å². The summed E-state index contributed by atoms with van der Waals surface area (Å²) in [5.41, 5.74) is 8.12. The average molecular weight is 270 g/mol. The quantitative estimate of drug-likeness (QED) is 0.891. The molecule has 0 radical (unpaired) electrons. The van der Waals surface area contributed by atoms with E-state index in [1.165, 1.54) is 0 Å². The van der Waals surface area contributed by atoms with Crippen molar-refractivity contribution in [1.82, 2.24) is 9.97 Å². The zero-order valence-electron chi connectivity index (χ0n) is 11.6. The number of aryl methyl sites for hydroxylation is 1. The van der Waals surface area contributed by atoms with Gasteiger partial charge in [-0.15, -0.1) is 0 Å². The Balaban J connectivity index is 2.18. The number of nitrogens with zero attached hydrogens (tertiary/aromatic N) is 2. The van der Waals surface area contributed by atoms with Gasteiger partial charge in [-0.3, -0.25) is 4.79 Å². The minimum absolute atomic E-state index is 0.0870. The molecule has 1 aromatic carbocycles. The number of carbonyl (C=O) groups excluding carboxylic acids is 1. The Hall–Kier alpha value is -2.27. The Kier molecular flexibility index (Phi) is 4.42. The number of nitrogens with two attached hydrogens (primary N) is 1. The molecule has 2 rings (SSSR count). The van der Waals surface area contributed by atoms with Gasteiger partial charge in [0, 0.05) is 29.9 Å². The Morgan fingerprint density at radius 3 is 2.90 bits per heavy atom. The lowest BCUT2D eigenvalue weighted by molar-refractivity contribution is -0.116. The van der Waals surface area contributed by atoms with Crippen molar-refractivity contribution in [2.45, 2.75) is 26.3 Å². The van der Waals surface area contributed by atoms with Crippen molar-refractivity contribution in [3.05, 3.63) is 42.4 Å². The van der Waals surface area contributed by atoms with Crippen LogP contribution < -0.4 is 11.1 Å². The van der Waals surface area contributed by atoms with E-state index < -0.39 is 0 Å². The van der Waals surface area contributed by atoms with Gasteiger partial charge in [0.05, 0.1) is 5.69 Å². The van der Waals surface area contributed by atoms with Gasteiger partial charge >= 0.3 is 0 Å². The van der Waals surface area contributed by atoms with Crippen LogP contribution in [0.1, 0.15) is 19.2 Å². The van der Waals surface area contributed by atoms with Crippen LogP contribution in [0.5, 0.6) is 0 Å². The molecule has 20 heavy (non-hydrogen) atoms. The first-order valence-corrected chi connectivity index (χ1v) is 6.50. The number of nitrogens with one attached hydrogen (secondary N) is 1. The van der Waals surface area contributed by atoms with Crippen LogP contribution in [0.4, 0.5) is 5.69 Å². The third-order valence-corrected chi connectivity index (χ3v) is 2.73. The van der Waals surface area contributed by atoms with Crippen molar-refractivity contribution in [3.63, 3.8) is 0 Å². The second kappa shape index (κ2) is 6.25. The first-order valence-electron chi connectivity index (χ1n) is 6.50. The lowest BCUT2D eigenvalue weighted by atomic mass is 10.1. The fraction of sp³-hybridized carbons (Fsp3) is 0.267. The summed E-state index contributed by atoms with van der Waals surface area (Å²) in [6.45, 7) is 3.65. The van der Waals surface area contributed by atoms with Crippen LogP contribution in [-0.4, -0.2) is 21.9 Å². The standard InChI is InChI=1S/C15H18N4O/c1-10(16)8-15(20)19-13-5-3-4-12(9-13)14-6-7-17-11(2)18-14/h3-7,9-10H,8,16H2,1-2H3,(H,19,20). The molecule has 2 aromatic rings. The van der Waals surface area contributed by atoms with E-state index in [1.807, 2.05) is 37.3 Å².